The van der Waals surface area contributed by atoms with Crippen molar-refractivity contribution in [3.05, 3.63) is 132 Å². The highest BCUT2D eigenvalue weighted by Crippen LogP contribution is 2.35. The van der Waals surface area contributed by atoms with E-state index in [2.05, 4.69) is 37.4 Å². The minimum Gasteiger partial charge on any atom is -0.404 e. The minimum absolute atomic E-state index is 0.406. The van der Waals surface area contributed by atoms with Crippen molar-refractivity contribution in [1.29, 1.82) is 0 Å². The predicted molar refractivity (Wildman–Crippen MR) is 142 cm³/mol. The summed E-state index contributed by atoms with van der Waals surface area (Å²) in [6, 6.07) is 26.1. The number of nitrogens with zero attached hydrogens (tertiary/aromatic N) is 2. The van der Waals surface area contributed by atoms with Crippen LogP contribution in [0.2, 0.25) is 0 Å². The molecule has 0 amide bonds. The number of allylic oxidation sites excluding steroid dienone is 3. The van der Waals surface area contributed by atoms with Crippen LogP contribution < -0.4 is 10.9 Å². The van der Waals surface area contributed by atoms with Crippen molar-refractivity contribution in [2.75, 3.05) is 18.7 Å². The molecule has 0 saturated carbocycles. The van der Waals surface area contributed by atoms with Gasteiger partial charge < -0.3 is 10.6 Å². The lowest BCUT2D eigenvalue weighted by atomic mass is 9.94. The quantitative estimate of drug-likeness (QED) is 0.316. The van der Waals surface area contributed by atoms with Crippen LogP contribution in [-0.4, -0.2) is 18.5 Å². The molecule has 0 bridgehead atoms. The van der Waals surface area contributed by atoms with Crippen LogP contribution in [0.25, 0.3) is 16.7 Å². The van der Waals surface area contributed by atoms with Gasteiger partial charge in [0.05, 0.1) is 12.2 Å². The summed E-state index contributed by atoms with van der Waals surface area (Å²) in [5.41, 5.74) is 13.9. The predicted octanol–water partition coefficient (Wildman–Crippen LogP) is 6.82. The molecule has 0 atom stereocenters. The van der Waals surface area contributed by atoms with Crippen molar-refractivity contribution < 1.29 is 4.48 Å². The van der Waals surface area contributed by atoms with Gasteiger partial charge in [-0.1, -0.05) is 90.4 Å². The minimum atomic E-state index is 0.406. The molecule has 0 fully saturated rings. The Kier molecular flexibility index (Phi) is 6.98. The number of nitrogens with two attached hydrogens (primary N) is 1. The number of hydrogen-bond donors (Lipinski definition) is 1. The summed E-state index contributed by atoms with van der Waals surface area (Å²) in [5.74, 6) is 0. The van der Waals surface area contributed by atoms with E-state index in [1.807, 2.05) is 72.7 Å². The first-order valence-electron chi connectivity index (χ1n) is 11.4. The third-order valence-electron chi connectivity index (χ3n) is 6.22. The molecule has 3 aromatic rings. The van der Waals surface area contributed by atoms with Crippen molar-refractivity contribution in [3.8, 4) is 0 Å². The fourth-order valence-corrected chi connectivity index (χ4v) is 4.26. The molecule has 2 N–H and O–H groups in total. The fourth-order valence-electron chi connectivity index (χ4n) is 4.26. The Morgan fingerprint density at radius 1 is 0.912 bits per heavy atom. The molecule has 1 aliphatic heterocycles. The summed E-state index contributed by atoms with van der Waals surface area (Å²) < 4.78 is 14.4. The van der Waals surface area contributed by atoms with Gasteiger partial charge in [0, 0.05) is 36.3 Å². The van der Waals surface area contributed by atoms with Gasteiger partial charge in [-0.25, -0.2) is 5.12 Å². The molecular formula is C30H30FN3. The molecule has 0 spiro atoms. The Hall–Kier alpha value is -4.05. The summed E-state index contributed by atoms with van der Waals surface area (Å²) in [7, 11) is 1.94. The highest BCUT2D eigenvalue weighted by molar-refractivity contribution is 6.04. The normalized spacial score (nSPS) is 13.9. The molecule has 4 heteroatoms. The molecule has 172 valence electrons. The molecule has 1 heterocycles. The maximum atomic E-state index is 14.4. The van der Waals surface area contributed by atoms with Crippen LogP contribution in [0.15, 0.2) is 110 Å². The van der Waals surface area contributed by atoms with E-state index in [0.29, 0.717) is 17.9 Å². The molecule has 34 heavy (non-hydrogen) atoms. The van der Waals surface area contributed by atoms with Gasteiger partial charge in [-0.05, 0) is 46.7 Å². The number of hydrogen-bond acceptors (Lipinski definition) is 3. The monoisotopic (exact) mass is 451 g/mol. The fraction of sp³-hybridized carbons (Fsp3) is 0.133. The van der Waals surface area contributed by atoms with Crippen LogP contribution in [0, 0.1) is 0 Å². The van der Waals surface area contributed by atoms with Crippen LogP contribution in [0.3, 0.4) is 0 Å². The molecule has 0 unspecified atom stereocenters. The van der Waals surface area contributed by atoms with Gasteiger partial charge >= 0.3 is 0 Å². The summed E-state index contributed by atoms with van der Waals surface area (Å²) in [4.78, 5) is 1.95. The second-order valence-corrected chi connectivity index (χ2v) is 8.42. The molecule has 4 rings (SSSR count). The molecule has 0 radical (unpaired) electrons. The van der Waals surface area contributed by atoms with E-state index in [4.69, 9.17) is 5.73 Å². The van der Waals surface area contributed by atoms with Gasteiger partial charge in [0.1, 0.15) is 0 Å². The number of halogens is 1. The second kappa shape index (κ2) is 10.3. The van der Waals surface area contributed by atoms with E-state index >= 15 is 0 Å². The second-order valence-electron chi connectivity index (χ2n) is 8.42. The van der Waals surface area contributed by atoms with Crippen LogP contribution in [0.1, 0.15) is 28.7 Å². The summed E-state index contributed by atoms with van der Waals surface area (Å²) >= 11 is 0. The third kappa shape index (κ3) is 4.81. The third-order valence-corrected chi connectivity index (χ3v) is 6.22. The van der Waals surface area contributed by atoms with E-state index in [9.17, 15) is 4.48 Å². The van der Waals surface area contributed by atoms with Gasteiger partial charge in [0.25, 0.3) is 0 Å². The Morgan fingerprint density at radius 3 is 2.21 bits per heavy atom. The zero-order valence-corrected chi connectivity index (χ0v) is 19.5. The van der Waals surface area contributed by atoms with E-state index in [1.54, 1.807) is 0 Å². The number of rotatable bonds is 7. The molecule has 3 aromatic carbocycles. The van der Waals surface area contributed by atoms with Crippen LogP contribution in [0.4, 0.5) is 10.2 Å². The zero-order chi connectivity index (χ0) is 24.1. The standard InChI is InChI=1S/C30H30FN3/c1-22(24-11-6-4-7-12-24)29(25-13-8-5-9-14-25)21-33(3)23(2)28(20-32)27-17-16-26-15-10-18-34(31)30(26)19-27/h4-9,11-14,16-17,19-21H,1-2,10,15,18,32H2,3H3/b28-20+,29-21+. The molecule has 3 nitrogen and oxygen atoms in total. The summed E-state index contributed by atoms with van der Waals surface area (Å²) in [5, 5.41) is 0.820. The Morgan fingerprint density at radius 2 is 1.56 bits per heavy atom. The van der Waals surface area contributed by atoms with Gasteiger partial charge in [0.15, 0.2) is 0 Å². The topological polar surface area (TPSA) is 32.5 Å². The van der Waals surface area contributed by atoms with Crippen LogP contribution in [-0.2, 0) is 6.42 Å². The van der Waals surface area contributed by atoms with Crippen molar-refractivity contribution >= 4 is 22.4 Å². The first kappa shape index (κ1) is 23.1. The smallest absolute Gasteiger partial charge is 0.0725 e. The summed E-state index contributed by atoms with van der Waals surface area (Å²) in [6.45, 7) is 9.10. The number of benzene rings is 3. The van der Waals surface area contributed by atoms with Gasteiger partial charge in [-0.15, -0.1) is 0 Å². The van der Waals surface area contributed by atoms with Gasteiger partial charge in [-0.3, -0.25) is 0 Å². The van der Waals surface area contributed by atoms with E-state index in [1.165, 1.54) is 6.20 Å². The number of likely N-dealkylation sites (N-methyl/N-ethyl adjacent to an activating group) is 1. The van der Waals surface area contributed by atoms with Crippen molar-refractivity contribution in [2.24, 2.45) is 5.73 Å². The molecule has 0 saturated heterocycles. The van der Waals surface area contributed by atoms with E-state index in [0.717, 1.165) is 56.9 Å². The first-order valence-corrected chi connectivity index (χ1v) is 11.4. The Labute approximate surface area is 201 Å². The van der Waals surface area contributed by atoms with Gasteiger partial charge in [0.2, 0.25) is 0 Å². The van der Waals surface area contributed by atoms with E-state index in [-0.39, 0.29) is 0 Å². The molecular weight excluding hydrogens is 421 g/mol. The average molecular weight is 452 g/mol. The average Bonchev–Trinajstić information content (AvgIpc) is 2.88. The lowest BCUT2D eigenvalue weighted by molar-refractivity contribution is 0.415. The Bertz CT molecular complexity index is 1240. The van der Waals surface area contributed by atoms with Crippen LogP contribution in [0.5, 0.6) is 0 Å². The zero-order valence-electron chi connectivity index (χ0n) is 19.5. The van der Waals surface area contributed by atoms with Gasteiger partial charge in [-0.2, -0.15) is 0 Å². The lowest BCUT2D eigenvalue weighted by Gasteiger charge is -2.26. The molecule has 1 aliphatic rings. The molecule has 0 aliphatic carbocycles. The maximum absolute atomic E-state index is 14.4. The SMILES string of the molecule is C=C(/C(=C\N(C)C(=C)/C(=C\N)c1ccc2c(c1)N(F)CCC2)c1ccccc1)c1ccccc1. The number of anilines is 1. The first-order chi connectivity index (χ1) is 16.5. The van der Waals surface area contributed by atoms with E-state index < -0.39 is 0 Å². The van der Waals surface area contributed by atoms with Crippen molar-refractivity contribution in [3.63, 3.8) is 0 Å². The number of fused-ring (bicyclic) bond motifs is 1. The van der Waals surface area contributed by atoms with Crippen molar-refractivity contribution in [1.82, 2.24) is 4.90 Å². The highest BCUT2D eigenvalue weighted by Gasteiger charge is 2.19. The van der Waals surface area contributed by atoms with Crippen LogP contribution >= 0.6 is 0 Å². The highest BCUT2D eigenvalue weighted by atomic mass is 19.2. The lowest BCUT2D eigenvalue weighted by Crippen LogP contribution is -2.21. The maximum Gasteiger partial charge on any atom is 0.0725 e. The Balaban J connectivity index is 1.68. The summed E-state index contributed by atoms with van der Waals surface area (Å²) in [6.07, 6.45) is 5.25. The number of aryl methyl sites for hydroxylation is 1. The molecule has 0 aromatic heterocycles. The largest absolute Gasteiger partial charge is 0.404 e. The van der Waals surface area contributed by atoms with Crippen molar-refractivity contribution in [2.45, 2.75) is 12.8 Å².